The van der Waals surface area contributed by atoms with E-state index in [1.54, 1.807) is 25.2 Å². The summed E-state index contributed by atoms with van der Waals surface area (Å²) in [4.78, 5) is 11.4. The van der Waals surface area contributed by atoms with Crippen molar-refractivity contribution in [3.8, 4) is 11.5 Å². The van der Waals surface area contributed by atoms with Gasteiger partial charge < -0.3 is 19.5 Å². The highest BCUT2D eigenvalue weighted by Gasteiger charge is 2.43. The zero-order chi connectivity index (χ0) is 20.8. The van der Waals surface area contributed by atoms with E-state index in [4.69, 9.17) is 14.5 Å². The molecule has 0 spiro atoms. The second-order valence-corrected chi connectivity index (χ2v) is 8.43. The number of methoxy groups -OCH3 is 2. The lowest BCUT2D eigenvalue weighted by Gasteiger charge is -2.34. The number of fused-ring (bicyclic) bond motifs is 2. The van der Waals surface area contributed by atoms with Crippen LogP contribution in [-0.2, 0) is 0 Å². The van der Waals surface area contributed by atoms with Crippen molar-refractivity contribution in [2.24, 2.45) is 11.8 Å². The van der Waals surface area contributed by atoms with Gasteiger partial charge in [0.05, 0.1) is 26.4 Å². The number of anilines is 1. The van der Waals surface area contributed by atoms with Crippen LogP contribution in [0.4, 0.5) is 5.82 Å². The van der Waals surface area contributed by atoms with E-state index in [2.05, 4.69) is 28.0 Å². The first-order valence-electron chi connectivity index (χ1n) is 10.4. The number of aliphatic hydroxyl groups is 1. The van der Waals surface area contributed by atoms with Crippen LogP contribution in [0.2, 0.25) is 0 Å². The number of rotatable bonds is 4. The molecule has 2 aromatic heterocycles. The van der Waals surface area contributed by atoms with Crippen molar-refractivity contribution in [2.75, 3.05) is 32.2 Å². The van der Waals surface area contributed by atoms with E-state index in [9.17, 15) is 5.11 Å². The summed E-state index contributed by atoms with van der Waals surface area (Å²) in [6.45, 7) is 3.93. The van der Waals surface area contributed by atoms with Gasteiger partial charge in [-0.1, -0.05) is 0 Å². The molecule has 5 rings (SSSR count). The van der Waals surface area contributed by atoms with Crippen molar-refractivity contribution < 1.29 is 14.6 Å². The van der Waals surface area contributed by atoms with Gasteiger partial charge in [-0.15, -0.1) is 0 Å². The van der Waals surface area contributed by atoms with E-state index in [0.29, 0.717) is 17.6 Å². The molecule has 8 nitrogen and oxygen atoms in total. The normalized spacial score (nSPS) is 26.1. The van der Waals surface area contributed by atoms with Gasteiger partial charge in [0, 0.05) is 24.5 Å². The maximum Gasteiger partial charge on any atom is 0.148 e. The Bertz CT molecular complexity index is 1050. The summed E-state index contributed by atoms with van der Waals surface area (Å²) in [5, 5.41) is 16.0. The molecule has 1 saturated heterocycles. The maximum atomic E-state index is 10.7. The first-order valence-corrected chi connectivity index (χ1v) is 10.4. The fraction of sp³-hybridized carbons (Fsp3) is 0.500. The van der Waals surface area contributed by atoms with Crippen LogP contribution in [0.3, 0.4) is 0 Å². The van der Waals surface area contributed by atoms with E-state index in [1.807, 2.05) is 12.1 Å². The van der Waals surface area contributed by atoms with Crippen LogP contribution in [0.25, 0.3) is 10.9 Å². The second kappa shape index (κ2) is 7.43. The monoisotopic (exact) mass is 409 g/mol. The predicted octanol–water partition coefficient (Wildman–Crippen LogP) is 2.60. The van der Waals surface area contributed by atoms with Crippen LogP contribution in [0.5, 0.6) is 11.5 Å². The Morgan fingerprint density at radius 1 is 1.07 bits per heavy atom. The largest absolute Gasteiger partial charge is 0.497 e. The highest BCUT2D eigenvalue weighted by molar-refractivity contribution is 5.90. The quantitative estimate of drug-likeness (QED) is 0.709. The molecule has 30 heavy (non-hydrogen) atoms. The Hall–Kier alpha value is -2.87. The van der Waals surface area contributed by atoms with E-state index in [1.165, 1.54) is 6.33 Å². The van der Waals surface area contributed by atoms with E-state index < -0.39 is 6.10 Å². The second-order valence-electron chi connectivity index (χ2n) is 8.43. The van der Waals surface area contributed by atoms with Gasteiger partial charge in [0.1, 0.15) is 35.5 Å². The fourth-order valence-electron chi connectivity index (χ4n) is 5.12. The molecule has 1 aliphatic heterocycles. The molecule has 2 aliphatic rings. The zero-order valence-electron chi connectivity index (χ0n) is 17.5. The third-order valence-electron chi connectivity index (χ3n) is 6.71. The number of nitrogens with zero attached hydrogens (tertiary/aromatic N) is 5. The molecule has 1 N–H and O–H groups in total. The number of ether oxygens (including phenoxy) is 2. The zero-order valence-corrected chi connectivity index (χ0v) is 17.5. The molecule has 1 saturated carbocycles. The number of aryl methyl sites for hydroxylation is 1. The lowest BCUT2D eigenvalue weighted by molar-refractivity contribution is 0.0305. The van der Waals surface area contributed by atoms with Gasteiger partial charge in [0.2, 0.25) is 0 Å². The topological polar surface area (TPSA) is 85.5 Å². The highest BCUT2D eigenvalue weighted by atomic mass is 16.5. The average Bonchev–Trinajstić information content (AvgIpc) is 3.42. The minimum Gasteiger partial charge on any atom is -0.497 e. The number of hydrogen-bond donors (Lipinski definition) is 1. The van der Waals surface area contributed by atoms with Gasteiger partial charge in [0.15, 0.2) is 0 Å². The molecule has 1 aromatic carbocycles. The van der Waals surface area contributed by atoms with Gasteiger partial charge in [0.25, 0.3) is 0 Å². The Kier molecular flexibility index (Phi) is 4.73. The van der Waals surface area contributed by atoms with Crippen LogP contribution in [-0.4, -0.2) is 58.3 Å². The van der Waals surface area contributed by atoms with Crippen LogP contribution in [0, 0.1) is 18.8 Å². The Balaban J connectivity index is 1.44. The lowest BCUT2D eigenvalue weighted by Crippen LogP contribution is -2.36. The summed E-state index contributed by atoms with van der Waals surface area (Å²) in [6, 6.07) is 6.02. The number of benzene rings is 1. The lowest BCUT2D eigenvalue weighted by atomic mass is 9.77. The Morgan fingerprint density at radius 3 is 2.57 bits per heavy atom. The smallest absolute Gasteiger partial charge is 0.148 e. The number of aliphatic hydroxyl groups excluding tert-OH is 1. The van der Waals surface area contributed by atoms with Crippen molar-refractivity contribution in [1.82, 2.24) is 19.7 Å². The summed E-state index contributed by atoms with van der Waals surface area (Å²) in [7, 11) is 3.32. The highest BCUT2D eigenvalue weighted by Crippen LogP contribution is 2.43. The molecular weight excluding hydrogens is 382 g/mol. The molecule has 3 heterocycles. The van der Waals surface area contributed by atoms with Crippen LogP contribution in [0.1, 0.15) is 24.4 Å². The molecule has 8 heteroatoms. The molecule has 158 valence electrons. The third kappa shape index (κ3) is 3.15. The molecule has 0 unspecified atom stereocenters. The minimum absolute atomic E-state index is 0.00689. The Labute approximate surface area is 175 Å². The van der Waals surface area contributed by atoms with Gasteiger partial charge in [-0.05, 0) is 49.3 Å². The summed E-state index contributed by atoms with van der Waals surface area (Å²) in [5.41, 5.74) is 1.99. The average molecular weight is 409 g/mol. The molecule has 0 radical (unpaired) electrons. The van der Waals surface area contributed by atoms with Crippen molar-refractivity contribution in [2.45, 2.75) is 31.9 Å². The molecule has 4 atom stereocenters. The summed E-state index contributed by atoms with van der Waals surface area (Å²) >= 11 is 0. The Morgan fingerprint density at radius 2 is 1.87 bits per heavy atom. The van der Waals surface area contributed by atoms with Crippen molar-refractivity contribution in [3.05, 3.63) is 36.4 Å². The van der Waals surface area contributed by atoms with Crippen molar-refractivity contribution in [1.29, 1.82) is 0 Å². The van der Waals surface area contributed by atoms with Gasteiger partial charge in [-0.2, -0.15) is 5.10 Å². The molecule has 2 fully saturated rings. The first-order chi connectivity index (χ1) is 14.6. The molecular formula is C22H27N5O3. The first kappa shape index (κ1) is 19.1. The maximum absolute atomic E-state index is 10.7. The molecule has 0 bridgehead atoms. The number of hydrogen-bond acceptors (Lipinski definition) is 7. The number of aromatic nitrogens is 4. The van der Waals surface area contributed by atoms with E-state index >= 15 is 0 Å². The summed E-state index contributed by atoms with van der Waals surface area (Å²) < 4.78 is 12.8. The van der Waals surface area contributed by atoms with Crippen molar-refractivity contribution in [3.63, 3.8) is 0 Å². The van der Waals surface area contributed by atoms with Crippen LogP contribution >= 0.6 is 0 Å². The third-order valence-corrected chi connectivity index (χ3v) is 6.71. The molecule has 1 aliphatic carbocycles. The van der Waals surface area contributed by atoms with Gasteiger partial charge >= 0.3 is 0 Å². The number of pyridine rings is 1. The SMILES string of the molecule is COc1cc(OC)c2nc(N3C[C@H]4C[C@@H](n5cncn5)[C@H](O)C[C@H]4C3)cc(C)c2c1. The van der Waals surface area contributed by atoms with Crippen LogP contribution in [0.15, 0.2) is 30.9 Å². The van der Waals surface area contributed by atoms with Crippen LogP contribution < -0.4 is 14.4 Å². The predicted molar refractivity (Wildman–Crippen MR) is 113 cm³/mol. The van der Waals surface area contributed by atoms with Gasteiger partial charge in [-0.3, -0.25) is 0 Å². The summed E-state index contributed by atoms with van der Waals surface area (Å²) in [6.07, 6.45) is 4.52. The van der Waals surface area contributed by atoms with E-state index in [-0.39, 0.29) is 6.04 Å². The standard InChI is InChI=1S/C22H27N5O3/c1-13-4-21(25-22-17(13)7-16(29-2)8-20(22)30-3)26-9-14-5-18(27-12-23-11-24-27)19(28)6-15(14)10-26/h4,7-8,11-12,14-15,18-19,28H,5-6,9-10H2,1-3H3/t14-,15+,18-,19-/m1/s1. The van der Waals surface area contributed by atoms with Gasteiger partial charge in [-0.25, -0.2) is 14.6 Å². The molecule has 0 amide bonds. The summed E-state index contributed by atoms with van der Waals surface area (Å²) in [5.74, 6) is 3.39. The fourth-order valence-corrected chi connectivity index (χ4v) is 5.12. The minimum atomic E-state index is -0.397. The van der Waals surface area contributed by atoms with Crippen molar-refractivity contribution >= 4 is 16.7 Å². The molecule has 3 aromatic rings. The van der Waals surface area contributed by atoms with E-state index in [0.717, 1.165) is 54.0 Å².